The Labute approximate surface area is 88.6 Å². The molecule has 0 aliphatic heterocycles. The van der Waals surface area contributed by atoms with Crippen molar-refractivity contribution >= 4 is 0 Å². The van der Waals surface area contributed by atoms with Crippen molar-refractivity contribution < 1.29 is 4.74 Å². The Kier molecular flexibility index (Phi) is 9.35. The second-order valence-corrected chi connectivity index (χ2v) is 3.98. The van der Waals surface area contributed by atoms with Gasteiger partial charge in [0.05, 0.1) is 6.61 Å². The van der Waals surface area contributed by atoms with Crippen molar-refractivity contribution in [2.75, 3.05) is 39.9 Å². The monoisotopic (exact) mass is 202 g/mol. The molecular weight excluding hydrogens is 176 g/mol. The maximum Gasteiger partial charge on any atom is 0.0593 e. The SMILES string of the molecule is CCOCCN(C)CCCC(C)CN. The molecule has 0 aliphatic rings. The van der Waals surface area contributed by atoms with Crippen LogP contribution in [0.4, 0.5) is 0 Å². The van der Waals surface area contributed by atoms with Gasteiger partial charge in [-0.3, -0.25) is 0 Å². The van der Waals surface area contributed by atoms with Crippen LogP contribution >= 0.6 is 0 Å². The van der Waals surface area contributed by atoms with E-state index < -0.39 is 0 Å². The highest BCUT2D eigenvalue weighted by Gasteiger charge is 2.01. The zero-order valence-electron chi connectivity index (χ0n) is 9.96. The molecule has 0 radical (unpaired) electrons. The van der Waals surface area contributed by atoms with Crippen LogP contribution in [-0.2, 0) is 4.74 Å². The lowest BCUT2D eigenvalue weighted by Crippen LogP contribution is -2.25. The fourth-order valence-corrected chi connectivity index (χ4v) is 1.30. The second kappa shape index (κ2) is 9.44. The molecule has 0 aromatic heterocycles. The van der Waals surface area contributed by atoms with Gasteiger partial charge in [0.1, 0.15) is 0 Å². The molecule has 3 nitrogen and oxygen atoms in total. The van der Waals surface area contributed by atoms with Crippen LogP contribution < -0.4 is 5.73 Å². The molecule has 0 amide bonds. The molecule has 0 bridgehead atoms. The number of rotatable bonds is 9. The Morgan fingerprint density at radius 3 is 2.64 bits per heavy atom. The fourth-order valence-electron chi connectivity index (χ4n) is 1.30. The van der Waals surface area contributed by atoms with E-state index in [1.807, 2.05) is 6.92 Å². The molecule has 86 valence electrons. The third-order valence-electron chi connectivity index (χ3n) is 2.46. The van der Waals surface area contributed by atoms with Crippen LogP contribution in [0.5, 0.6) is 0 Å². The number of likely N-dealkylation sites (N-methyl/N-ethyl adjacent to an activating group) is 1. The second-order valence-electron chi connectivity index (χ2n) is 3.98. The van der Waals surface area contributed by atoms with Crippen LogP contribution in [0.2, 0.25) is 0 Å². The number of hydrogen-bond acceptors (Lipinski definition) is 3. The van der Waals surface area contributed by atoms with Gasteiger partial charge in [-0.25, -0.2) is 0 Å². The molecule has 0 saturated heterocycles. The molecule has 0 saturated carbocycles. The van der Waals surface area contributed by atoms with Crippen molar-refractivity contribution in [3.8, 4) is 0 Å². The minimum absolute atomic E-state index is 0.662. The standard InChI is InChI=1S/C11H26N2O/c1-4-14-9-8-13(3)7-5-6-11(2)10-12/h11H,4-10,12H2,1-3H3. The van der Waals surface area contributed by atoms with Gasteiger partial charge >= 0.3 is 0 Å². The summed E-state index contributed by atoms with van der Waals surface area (Å²) < 4.78 is 5.29. The molecule has 0 fully saturated rings. The van der Waals surface area contributed by atoms with Gasteiger partial charge in [0.25, 0.3) is 0 Å². The maximum absolute atomic E-state index is 5.55. The topological polar surface area (TPSA) is 38.5 Å². The van der Waals surface area contributed by atoms with Crippen LogP contribution in [0.3, 0.4) is 0 Å². The van der Waals surface area contributed by atoms with Gasteiger partial charge in [0.2, 0.25) is 0 Å². The van der Waals surface area contributed by atoms with Crippen molar-refractivity contribution in [1.29, 1.82) is 0 Å². The number of ether oxygens (including phenoxy) is 1. The van der Waals surface area contributed by atoms with Crippen molar-refractivity contribution in [2.45, 2.75) is 26.7 Å². The van der Waals surface area contributed by atoms with E-state index in [9.17, 15) is 0 Å². The molecule has 0 aromatic carbocycles. The van der Waals surface area contributed by atoms with E-state index in [1.54, 1.807) is 0 Å². The highest BCUT2D eigenvalue weighted by Crippen LogP contribution is 2.03. The lowest BCUT2D eigenvalue weighted by atomic mass is 10.1. The molecule has 3 heteroatoms. The number of nitrogens with zero attached hydrogens (tertiary/aromatic N) is 1. The van der Waals surface area contributed by atoms with E-state index in [2.05, 4.69) is 18.9 Å². The molecule has 1 atom stereocenters. The van der Waals surface area contributed by atoms with E-state index >= 15 is 0 Å². The molecule has 0 rings (SSSR count). The zero-order chi connectivity index (χ0) is 10.8. The third-order valence-corrected chi connectivity index (χ3v) is 2.46. The van der Waals surface area contributed by atoms with Gasteiger partial charge in [-0.15, -0.1) is 0 Å². The van der Waals surface area contributed by atoms with Gasteiger partial charge in [-0.2, -0.15) is 0 Å². The van der Waals surface area contributed by atoms with Crippen molar-refractivity contribution in [1.82, 2.24) is 4.90 Å². The van der Waals surface area contributed by atoms with E-state index in [-0.39, 0.29) is 0 Å². The molecule has 2 N–H and O–H groups in total. The van der Waals surface area contributed by atoms with Crippen LogP contribution in [0.1, 0.15) is 26.7 Å². The molecule has 0 heterocycles. The van der Waals surface area contributed by atoms with Gasteiger partial charge in [0, 0.05) is 13.2 Å². The first-order valence-electron chi connectivity index (χ1n) is 5.67. The highest BCUT2D eigenvalue weighted by atomic mass is 16.5. The summed E-state index contributed by atoms with van der Waals surface area (Å²) >= 11 is 0. The summed E-state index contributed by atoms with van der Waals surface area (Å²) in [5, 5.41) is 0. The van der Waals surface area contributed by atoms with Crippen molar-refractivity contribution in [2.24, 2.45) is 11.7 Å². The predicted molar refractivity (Wildman–Crippen MR) is 61.4 cm³/mol. The summed E-state index contributed by atoms with van der Waals surface area (Å²) in [5.41, 5.74) is 5.55. The van der Waals surface area contributed by atoms with Crippen molar-refractivity contribution in [3.05, 3.63) is 0 Å². The van der Waals surface area contributed by atoms with Crippen molar-refractivity contribution in [3.63, 3.8) is 0 Å². The third kappa shape index (κ3) is 8.48. The molecule has 14 heavy (non-hydrogen) atoms. The van der Waals surface area contributed by atoms with Gasteiger partial charge < -0.3 is 15.4 Å². The zero-order valence-corrected chi connectivity index (χ0v) is 9.96. The summed E-state index contributed by atoms with van der Waals surface area (Å²) in [7, 11) is 2.14. The number of hydrogen-bond donors (Lipinski definition) is 1. The van der Waals surface area contributed by atoms with Gasteiger partial charge in [0.15, 0.2) is 0 Å². The molecule has 0 spiro atoms. The van der Waals surface area contributed by atoms with E-state index in [4.69, 9.17) is 10.5 Å². The normalized spacial score (nSPS) is 13.5. The van der Waals surface area contributed by atoms with Gasteiger partial charge in [-0.05, 0) is 45.8 Å². The Balaban J connectivity index is 3.21. The smallest absolute Gasteiger partial charge is 0.0593 e. The molecule has 1 unspecified atom stereocenters. The summed E-state index contributed by atoms with van der Waals surface area (Å²) in [6.07, 6.45) is 2.47. The fraction of sp³-hybridized carbons (Fsp3) is 1.00. The van der Waals surface area contributed by atoms with E-state index in [0.29, 0.717) is 5.92 Å². The van der Waals surface area contributed by atoms with E-state index in [0.717, 1.165) is 32.8 Å². The molecule has 0 aliphatic carbocycles. The van der Waals surface area contributed by atoms with Crippen LogP contribution in [0.25, 0.3) is 0 Å². The Hall–Kier alpha value is -0.120. The summed E-state index contributed by atoms with van der Waals surface area (Å²) in [5.74, 6) is 0.662. The Morgan fingerprint density at radius 1 is 1.36 bits per heavy atom. The Morgan fingerprint density at radius 2 is 2.07 bits per heavy atom. The average Bonchev–Trinajstić information content (AvgIpc) is 2.18. The largest absolute Gasteiger partial charge is 0.380 e. The quantitative estimate of drug-likeness (QED) is 0.573. The van der Waals surface area contributed by atoms with Gasteiger partial charge in [-0.1, -0.05) is 6.92 Å². The van der Waals surface area contributed by atoms with Crippen LogP contribution in [0, 0.1) is 5.92 Å². The van der Waals surface area contributed by atoms with E-state index in [1.165, 1.54) is 12.8 Å². The summed E-state index contributed by atoms with van der Waals surface area (Å²) in [6, 6.07) is 0. The lowest BCUT2D eigenvalue weighted by Gasteiger charge is -2.17. The predicted octanol–water partition coefficient (Wildman–Crippen LogP) is 1.33. The molecular formula is C11H26N2O. The minimum Gasteiger partial charge on any atom is -0.380 e. The average molecular weight is 202 g/mol. The summed E-state index contributed by atoms with van der Waals surface area (Å²) in [6.45, 7) is 8.89. The van der Waals surface area contributed by atoms with Crippen LogP contribution in [-0.4, -0.2) is 44.8 Å². The highest BCUT2D eigenvalue weighted by molar-refractivity contribution is 4.56. The number of nitrogens with two attached hydrogens (primary N) is 1. The summed E-state index contributed by atoms with van der Waals surface area (Å²) in [4.78, 5) is 2.32. The Bertz CT molecular complexity index is 120. The maximum atomic E-state index is 5.55. The first-order chi connectivity index (χ1) is 6.70. The first-order valence-corrected chi connectivity index (χ1v) is 5.67. The molecule has 0 aromatic rings. The first kappa shape index (κ1) is 13.9. The van der Waals surface area contributed by atoms with Crippen LogP contribution in [0.15, 0.2) is 0 Å². The minimum atomic E-state index is 0.662. The lowest BCUT2D eigenvalue weighted by molar-refractivity contribution is 0.121.